The van der Waals surface area contributed by atoms with Crippen LogP contribution in [-0.2, 0) is 10.8 Å². The Kier molecular flexibility index (Phi) is 3.85. The molecule has 0 heterocycles. The average Bonchev–Trinajstić information content (AvgIpc) is 3.02. The summed E-state index contributed by atoms with van der Waals surface area (Å²) < 4.78 is 0. The lowest BCUT2D eigenvalue weighted by atomic mass is 9.48. The Labute approximate surface area is 192 Å². The molecule has 1 N–H and O–H groups in total. The van der Waals surface area contributed by atoms with E-state index in [1.807, 2.05) is 0 Å². The first-order chi connectivity index (χ1) is 15.5. The third-order valence-corrected chi connectivity index (χ3v) is 9.39. The molecule has 4 fully saturated rings. The molecule has 1 nitrogen and oxygen atoms in total. The first-order valence-corrected chi connectivity index (χ1v) is 12.6. The van der Waals surface area contributed by atoms with Crippen LogP contribution in [-0.4, -0.2) is 0 Å². The Balaban J connectivity index is 1.21. The van der Waals surface area contributed by atoms with Gasteiger partial charge in [-0.3, -0.25) is 0 Å². The molecule has 0 aliphatic heterocycles. The van der Waals surface area contributed by atoms with E-state index in [1.54, 1.807) is 5.56 Å². The SMILES string of the molecule is CC1(C)c2ccccc2-c2cccc(Nc3ccc(C45CC6CC(CC(C6)C4)C5)cc3)c21. The smallest absolute Gasteiger partial charge is 0.0431 e. The summed E-state index contributed by atoms with van der Waals surface area (Å²) in [6.45, 7) is 4.72. The van der Waals surface area contributed by atoms with Gasteiger partial charge in [-0.15, -0.1) is 0 Å². The van der Waals surface area contributed by atoms with Crippen LogP contribution in [0.5, 0.6) is 0 Å². The molecule has 0 spiro atoms. The zero-order valence-corrected chi connectivity index (χ0v) is 19.3. The van der Waals surface area contributed by atoms with Gasteiger partial charge in [0.2, 0.25) is 0 Å². The molecule has 162 valence electrons. The molecule has 0 aromatic heterocycles. The fourth-order valence-corrected chi connectivity index (χ4v) is 8.48. The van der Waals surface area contributed by atoms with Gasteiger partial charge in [0.15, 0.2) is 0 Å². The largest absolute Gasteiger partial charge is 0.355 e. The van der Waals surface area contributed by atoms with Crippen molar-refractivity contribution in [1.82, 2.24) is 0 Å². The molecule has 0 saturated heterocycles. The molecule has 0 amide bonds. The predicted octanol–water partition coefficient (Wildman–Crippen LogP) is 8.20. The molecule has 5 aliphatic rings. The van der Waals surface area contributed by atoms with Gasteiger partial charge in [0.1, 0.15) is 0 Å². The molecule has 4 saturated carbocycles. The summed E-state index contributed by atoms with van der Waals surface area (Å²) in [6.07, 6.45) is 8.84. The lowest BCUT2D eigenvalue weighted by Crippen LogP contribution is -2.48. The minimum Gasteiger partial charge on any atom is -0.355 e. The first kappa shape index (κ1) is 19.0. The van der Waals surface area contributed by atoms with E-state index in [0.717, 1.165) is 17.8 Å². The molecule has 0 unspecified atom stereocenters. The van der Waals surface area contributed by atoms with Crippen molar-refractivity contribution in [2.24, 2.45) is 17.8 Å². The first-order valence-electron chi connectivity index (χ1n) is 12.6. The topological polar surface area (TPSA) is 12.0 Å². The number of hydrogen-bond donors (Lipinski definition) is 1. The van der Waals surface area contributed by atoms with Crippen LogP contribution in [0.25, 0.3) is 11.1 Å². The quantitative estimate of drug-likeness (QED) is 0.451. The second kappa shape index (κ2) is 6.50. The summed E-state index contributed by atoms with van der Waals surface area (Å²) in [7, 11) is 0. The predicted molar refractivity (Wildman–Crippen MR) is 134 cm³/mol. The molecule has 5 aliphatic carbocycles. The minimum absolute atomic E-state index is 0.00859. The van der Waals surface area contributed by atoms with E-state index in [9.17, 15) is 0 Å². The second-order valence-electron chi connectivity index (χ2n) is 11.8. The number of fused-ring (bicyclic) bond motifs is 3. The van der Waals surface area contributed by atoms with Gasteiger partial charge in [-0.05, 0) is 108 Å². The Bertz CT molecular complexity index is 1160. The average molecular weight is 420 g/mol. The molecule has 1 heteroatoms. The highest BCUT2D eigenvalue weighted by molar-refractivity contribution is 5.87. The zero-order chi connectivity index (χ0) is 21.5. The van der Waals surface area contributed by atoms with Crippen LogP contribution in [0.1, 0.15) is 69.1 Å². The minimum atomic E-state index is 0.00859. The van der Waals surface area contributed by atoms with Crippen LogP contribution < -0.4 is 5.32 Å². The van der Waals surface area contributed by atoms with Gasteiger partial charge >= 0.3 is 0 Å². The van der Waals surface area contributed by atoms with Crippen molar-refractivity contribution in [3.8, 4) is 11.1 Å². The van der Waals surface area contributed by atoms with E-state index in [1.165, 1.54) is 72.2 Å². The standard InChI is InChI=1S/C31H33N/c1-30(2)27-8-4-3-6-25(27)26-7-5-9-28(29(26)30)32-24-12-10-23(11-13-24)31-17-20-14-21(18-31)16-22(15-20)19-31/h3-13,20-22,32H,14-19H2,1-2H3. The fourth-order valence-electron chi connectivity index (χ4n) is 8.48. The number of hydrogen-bond acceptors (Lipinski definition) is 1. The second-order valence-corrected chi connectivity index (χ2v) is 11.8. The Morgan fingerprint density at radius 3 is 2.00 bits per heavy atom. The van der Waals surface area contributed by atoms with Gasteiger partial charge in [-0.25, -0.2) is 0 Å². The van der Waals surface area contributed by atoms with E-state index >= 15 is 0 Å². The van der Waals surface area contributed by atoms with Gasteiger partial charge in [-0.1, -0.05) is 62.4 Å². The van der Waals surface area contributed by atoms with E-state index in [4.69, 9.17) is 0 Å². The van der Waals surface area contributed by atoms with E-state index < -0.39 is 0 Å². The van der Waals surface area contributed by atoms with Crippen LogP contribution in [0.2, 0.25) is 0 Å². The Hall–Kier alpha value is -2.54. The van der Waals surface area contributed by atoms with Crippen LogP contribution in [0.4, 0.5) is 11.4 Å². The van der Waals surface area contributed by atoms with Gasteiger partial charge in [0.05, 0.1) is 0 Å². The Morgan fingerprint density at radius 2 is 1.31 bits per heavy atom. The number of nitrogens with one attached hydrogen (secondary N) is 1. The molecule has 3 aromatic carbocycles. The maximum absolute atomic E-state index is 3.80. The molecular weight excluding hydrogens is 386 g/mol. The van der Waals surface area contributed by atoms with E-state index in [2.05, 4.69) is 85.9 Å². The van der Waals surface area contributed by atoms with Crippen LogP contribution >= 0.6 is 0 Å². The Morgan fingerprint density at radius 1 is 0.688 bits per heavy atom. The van der Waals surface area contributed by atoms with Crippen LogP contribution in [0.15, 0.2) is 66.7 Å². The highest BCUT2D eigenvalue weighted by Gasteiger charge is 2.51. The van der Waals surface area contributed by atoms with Crippen molar-refractivity contribution >= 4 is 11.4 Å². The van der Waals surface area contributed by atoms with Gasteiger partial charge in [0.25, 0.3) is 0 Å². The third kappa shape index (κ3) is 2.63. The molecule has 4 bridgehead atoms. The highest BCUT2D eigenvalue weighted by atomic mass is 14.9. The number of rotatable bonds is 3. The van der Waals surface area contributed by atoms with Crippen molar-refractivity contribution in [3.63, 3.8) is 0 Å². The molecular formula is C31H33N. The van der Waals surface area contributed by atoms with Crippen molar-refractivity contribution in [1.29, 1.82) is 0 Å². The van der Waals surface area contributed by atoms with E-state index in [0.29, 0.717) is 5.41 Å². The fraction of sp³-hybridized carbons (Fsp3) is 0.419. The van der Waals surface area contributed by atoms with Crippen molar-refractivity contribution in [3.05, 3.63) is 83.4 Å². The summed E-state index contributed by atoms with van der Waals surface area (Å²) in [6, 6.07) is 25.2. The van der Waals surface area contributed by atoms with Gasteiger partial charge in [-0.2, -0.15) is 0 Å². The summed E-state index contributed by atoms with van der Waals surface area (Å²) in [4.78, 5) is 0. The number of benzene rings is 3. The lowest BCUT2D eigenvalue weighted by Gasteiger charge is -2.57. The molecule has 0 atom stereocenters. The monoisotopic (exact) mass is 419 g/mol. The normalized spacial score (nSPS) is 30.8. The third-order valence-electron chi connectivity index (χ3n) is 9.39. The van der Waals surface area contributed by atoms with Crippen LogP contribution in [0, 0.1) is 17.8 Å². The summed E-state index contributed by atoms with van der Waals surface area (Å²) >= 11 is 0. The van der Waals surface area contributed by atoms with Gasteiger partial charge < -0.3 is 5.32 Å². The summed E-state index contributed by atoms with van der Waals surface area (Å²) in [5.74, 6) is 2.99. The number of anilines is 2. The maximum atomic E-state index is 3.80. The molecule has 0 radical (unpaired) electrons. The highest BCUT2D eigenvalue weighted by Crippen LogP contribution is 2.60. The molecule has 3 aromatic rings. The van der Waals surface area contributed by atoms with Crippen molar-refractivity contribution < 1.29 is 0 Å². The molecule has 32 heavy (non-hydrogen) atoms. The lowest BCUT2D eigenvalue weighted by molar-refractivity contribution is -0.00518. The van der Waals surface area contributed by atoms with Crippen LogP contribution in [0.3, 0.4) is 0 Å². The summed E-state index contributed by atoms with van der Waals surface area (Å²) in [5.41, 5.74) is 10.2. The maximum Gasteiger partial charge on any atom is 0.0431 e. The van der Waals surface area contributed by atoms with Crippen molar-refractivity contribution in [2.75, 3.05) is 5.32 Å². The zero-order valence-electron chi connectivity index (χ0n) is 19.3. The van der Waals surface area contributed by atoms with Crippen molar-refractivity contribution in [2.45, 2.75) is 63.2 Å². The van der Waals surface area contributed by atoms with E-state index in [-0.39, 0.29) is 5.41 Å². The van der Waals surface area contributed by atoms with Gasteiger partial charge in [0, 0.05) is 16.8 Å². The molecule has 8 rings (SSSR count). The summed E-state index contributed by atoms with van der Waals surface area (Å²) in [5, 5.41) is 3.80.